The van der Waals surface area contributed by atoms with Crippen molar-refractivity contribution < 1.29 is 9.53 Å². The number of piperidine rings is 1. The van der Waals surface area contributed by atoms with Crippen molar-refractivity contribution in [2.45, 2.75) is 59.6 Å². The van der Waals surface area contributed by atoms with Crippen LogP contribution in [0.3, 0.4) is 0 Å². The minimum Gasteiger partial charge on any atom is -0.485 e. The van der Waals surface area contributed by atoms with Crippen molar-refractivity contribution in [2.24, 2.45) is 5.92 Å². The fraction of sp³-hybridized carbons (Fsp3) is 0.462. The van der Waals surface area contributed by atoms with Crippen molar-refractivity contribution in [1.29, 1.82) is 0 Å². The Hall–Kier alpha value is -2.82. The van der Waals surface area contributed by atoms with E-state index in [1.807, 2.05) is 33.7 Å². The molecule has 1 aliphatic heterocycles. The molecule has 0 aliphatic carbocycles. The number of imidazole rings is 1. The molecule has 0 saturated carbocycles. The van der Waals surface area contributed by atoms with Gasteiger partial charge in [-0.2, -0.15) is 0 Å². The van der Waals surface area contributed by atoms with Gasteiger partial charge in [0.15, 0.2) is 0 Å². The molecular formula is C26H33N3O2. The van der Waals surface area contributed by atoms with Crippen molar-refractivity contribution >= 4 is 16.9 Å². The lowest BCUT2D eigenvalue weighted by molar-refractivity contribution is -0.133. The summed E-state index contributed by atoms with van der Waals surface area (Å²) in [7, 11) is 0. The van der Waals surface area contributed by atoms with Gasteiger partial charge in [-0.15, -0.1) is 0 Å². The number of aryl methyl sites for hydroxylation is 1. The summed E-state index contributed by atoms with van der Waals surface area (Å²) in [6.45, 7) is 11.0. The number of carbonyl (C=O) groups excluding carboxylic acids is 1. The molecule has 5 nitrogen and oxygen atoms in total. The number of fused-ring (bicyclic) bond motifs is 1. The minimum atomic E-state index is 0.162. The third kappa shape index (κ3) is 4.76. The number of likely N-dealkylation sites (tertiary alicyclic amines) is 1. The standard InChI is InChI=1S/C26H33N3O2/c1-18(2)21-10-9-20(4)15-24(21)31-17-25-27-22-7-5-6-8-23(22)29(25)16-26(30)28-13-11-19(3)12-14-28/h5-10,15,18-19H,11-14,16-17H2,1-4H3. The summed E-state index contributed by atoms with van der Waals surface area (Å²) in [6, 6.07) is 14.3. The van der Waals surface area contributed by atoms with Gasteiger partial charge in [-0.1, -0.05) is 45.0 Å². The average molecular weight is 420 g/mol. The molecule has 2 heterocycles. The number of aromatic nitrogens is 2. The monoisotopic (exact) mass is 419 g/mol. The summed E-state index contributed by atoms with van der Waals surface area (Å²) >= 11 is 0. The molecule has 0 bridgehead atoms. The van der Waals surface area contributed by atoms with Gasteiger partial charge in [0.1, 0.15) is 24.7 Å². The lowest BCUT2D eigenvalue weighted by Crippen LogP contribution is -2.40. The van der Waals surface area contributed by atoms with Crippen LogP contribution in [0.4, 0.5) is 0 Å². The van der Waals surface area contributed by atoms with Crippen LogP contribution in [0.5, 0.6) is 5.75 Å². The molecule has 2 aromatic carbocycles. The summed E-state index contributed by atoms with van der Waals surface area (Å²) in [6.07, 6.45) is 2.16. The van der Waals surface area contributed by atoms with E-state index in [0.717, 1.165) is 48.5 Å². The first-order valence-electron chi connectivity index (χ1n) is 11.4. The lowest BCUT2D eigenvalue weighted by Gasteiger charge is -2.30. The van der Waals surface area contributed by atoms with Crippen molar-refractivity contribution in [2.75, 3.05) is 13.1 Å². The van der Waals surface area contributed by atoms with E-state index in [1.54, 1.807) is 0 Å². The SMILES string of the molecule is Cc1ccc(C(C)C)c(OCc2nc3ccccc3n2CC(=O)N2CCC(C)CC2)c1. The van der Waals surface area contributed by atoms with Crippen molar-refractivity contribution in [3.63, 3.8) is 0 Å². The van der Waals surface area contributed by atoms with E-state index in [4.69, 9.17) is 9.72 Å². The van der Waals surface area contributed by atoms with Gasteiger partial charge in [-0.3, -0.25) is 4.79 Å². The zero-order valence-electron chi connectivity index (χ0n) is 19.1. The van der Waals surface area contributed by atoms with Crippen LogP contribution in [0.25, 0.3) is 11.0 Å². The minimum absolute atomic E-state index is 0.162. The topological polar surface area (TPSA) is 47.4 Å². The Labute approximate surface area is 185 Å². The molecule has 4 rings (SSSR count). The van der Waals surface area contributed by atoms with E-state index in [0.29, 0.717) is 25.0 Å². The molecule has 1 fully saturated rings. The second kappa shape index (κ2) is 9.13. The molecule has 31 heavy (non-hydrogen) atoms. The highest BCUT2D eigenvalue weighted by Gasteiger charge is 2.22. The van der Waals surface area contributed by atoms with Crippen LogP contribution >= 0.6 is 0 Å². The number of hydrogen-bond acceptors (Lipinski definition) is 3. The van der Waals surface area contributed by atoms with Crippen LogP contribution in [0.15, 0.2) is 42.5 Å². The number of para-hydroxylation sites is 2. The summed E-state index contributed by atoms with van der Waals surface area (Å²) < 4.78 is 8.30. The second-order valence-corrected chi connectivity index (χ2v) is 9.15. The molecule has 1 aromatic heterocycles. The van der Waals surface area contributed by atoms with Crippen molar-refractivity contribution in [3.05, 3.63) is 59.4 Å². The van der Waals surface area contributed by atoms with Gasteiger partial charge >= 0.3 is 0 Å². The Kier molecular flexibility index (Phi) is 6.30. The number of nitrogens with zero attached hydrogens (tertiary/aromatic N) is 3. The third-order valence-electron chi connectivity index (χ3n) is 6.31. The number of benzene rings is 2. The molecule has 0 N–H and O–H groups in total. The zero-order valence-corrected chi connectivity index (χ0v) is 19.1. The van der Waals surface area contributed by atoms with Gasteiger partial charge in [0.25, 0.3) is 0 Å². The maximum atomic E-state index is 13.1. The number of rotatable bonds is 6. The first kappa shape index (κ1) is 21.4. The van der Waals surface area contributed by atoms with Gasteiger partial charge < -0.3 is 14.2 Å². The predicted octanol–water partition coefficient (Wildman–Crippen LogP) is 5.31. The van der Waals surface area contributed by atoms with E-state index < -0.39 is 0 Å². The van der Waals surface area contributed by atoms with Gasteiger partial charge in [-0.05, 0) is 60.9 Å². The number of carbonyl (C=O) groups is 1. The van der Waals surface area contributed by atoms with Crippen LogP contribution in [-0.4, -0.2) is 33.4 Å². The summed E-state index contributed by atoms with van der Waals surface area (Å²) in [5.41, 5.74) is 4.23. The molecule has 164 valence electrons. The molecule has 1 amide bonds. The van der Waals surface area contributed by atoms with Crippen molar-refractivity contribution in [1.82, 2.24) is 14.5 Å². The summed E-state index contributed by atoms with van der Waals surface area (Å²) in [5, 5.41) is 0. The van der Waals surface area contributed by atoms with Gasteiger partial charge in [0.05, 0.1) is 11.0 Å². The van der Waals surface area contributed by atoms with Gasteiger partial charge in [0, 0.05) is 13.1 Å². The van der Waals surface area contributed by atoms with E-state index in [1.165, 1.54) is 11.1 Å². The third-order valence-corrected chi connectivity index (χ3v) is 6.31. The molecule has 0 radical (unpaired) electrons. The van der Waals surface area contributed by atoms with Crippen LogP contribution in [0.2, 0.25) is 0 Å². The van der Waals surface area contributed by atoms with E-state index in [-0.39, 0.29) is 5.91 Å². The molecular weight excluding hydrogens is 386 g/mol. The maximum Gasteiger partial charge on any atom is 0.242 e. The normalized spacial score (nSPS) is 15.1. The second-order valence-electron chi connectivity index (χ2n) is 9.15. The zero-order chi connectivity index (χ0) is 22.0. The maximum absolute atomic E-state index is 13.1. The molecule has 1 saturated heterocycles. The Morgan fingerprint density at radius 1 is 1.16 bits per heavy atom. The number of ether oxygens (including phenoxy) is 1. The first-order chi connectivity index (χ1) is 14.9. The Morgan fingerprint density at radius 2 is 1.90 bits per heavy atom. The fourth-order valence-corrected chi connectivity index (χ4v) is 4.29. The fourth-order valence-electron chi connectivity index (χ4n) is 4.29. The number of amides is 1. The van der Waals surface area contributed by atoms with Gasteiger partial charge in [-0.25, -0.2) is 4.98 Å². The number of hydrogen-bond donors (Lipinski definition) is 0. The highest BCUT2D eigenvalue weighted by Crippen LogP contribution is 2.28. The molecule has 3 aromatic rings. The summed E-state index contributed by atoms with van der Waals surface area (Å²) in [5.74, 6) is 2.92. The van der Waals surface area contributed by atoms with Crippen molar-refractivity contribution in [3.8, 4) is 5.75 Å². The average Bonchev–Trinajstić information content (AvgIpc) is 3.10. The highest BCUT2D eigenvalue weighted by atomic mass is 16.5. The first-order valence-corrected chi connectivity index (χ1v) is 11.4. The van der Waals surface area contributed by atoms with Crippen LogP contribution < -0.4 is 4.74 Å². The van der Waals surface area contributed by atoms with E-state index in [2.05, 4.69) is 45.9 Å². The van der Waals surface area contributed by atoms with Crippen LogP contribution in [-0.2, 0) is 17.9 Å². The van der Waals surface area contributed by atoms with Crippen LogP contribution in [0.1, 0.15) is 56.5 Å². The molecule has 0 unspecified atom stereocenters. The Bertz CT molecular complexity index is 1060. The smallest absolute Gasteiger partial charge is 0.242 e. The predicted molar refractivity (Wildman–Crippen MR) is 124 cm³/mol. The van der Waals surface area contributed by atoms with E-state index >= 15 is 0 Å². The Balaban J connectivity index is 1.59. The lowest BCUT2D eigenvalue weighted by atomic mass is 9.99. The Morgan fingerprint density at radius 3 is 2.65 bits per heavy atom. The molecule has 5 heteroatoms. The van der Waals surface area contributed by atoms with Gasteiger partial charge in [0.2, 0.25) is 5.91 Å². The largest absolute Gasteiger partial charge is 0.485 e. The summed E-state index contributed by atoms with van der Waals surface area (Å²) in [4.78, 5) is 19.9. The quantitative estimate of drug-likeness (QED) is 0.544. The molecule has 0 spiro atoms. The highest BCUT2D eigenvalue weighted by molar-refractivity contribution is 5.81. The molecule has 0 atom stereocenters. The molecule has 1 aliphatic rings. The van der Waals surface area contributed by atoms with Crippen LogP contribution in [0, 0.1) is 12.8 Å². The van der Waals surface area contributed by atoms with E-state index in [9.17, 15) is 4.79 Å².